The fourth-order valence-electron chi connectivity index (χ4n) is 2.25. The zero-order chi connectivity index (χ0) is 14.2. The summed E-state index contributed by atoms with van der Waals surface area (Å²) in [6.07, 6.45) is 0. The molecule has 19 heavy (non-hydrogen) atoms. The third kappa shape index (κ3) is 3.03. The van der Waals surface area contributed by atoms with Crippen LogP contribution in [0.15, 0.2) is 34.1 Å². The average molecular weight is 270 g/mol. The minimum atomic E-state index is 1.34. The van der Waals surface area contributed by atoms with Crippen LogP contribution < -0.4 is 0 Å². The van der Waals surface area contributed by atoms with E-state index >= 15 is 0 Å². The molecule has 2 aromatic carbocycles. The van der Waals surface area contributed by atoms with Crippen LogP contribution in [0.4, 0.5) is 0 Å². The fourth-order valence-corrected chi connectivity index (χ4v) is 3.46. The minimum Gasteiger partial charge on any atom is -0.0901 e. The predicted octanol–water partition coefficient (Wildman–Crippen LogP) is 5.69. The second kappa shape index (κ2) is 5.42. The van der Waals surface area contributed by atoms with Crippen LogP contribution >= 0.6 is 11.8 Å². The van der Waals surface area contributed by atoms with Crippen molar-refractivity contribution in [3.05, 3.63) is 57.6 Å². The third-order valence-corrected chi connectivity index (χ3v) is 4.98. The standard InChI is InChI=1S/C18H22S/c1-11-7-17(8-12(2)15(11)5)19-18-9-13(3)16(6)14(4)10-18/h7-10H,1-6H3. The first-order valence-corrected chi connectivity index (χ1v) is 7.53. The summed E-state index contributed by atoms with van der Waals surface area (Å²) < 4.78 is 0. The van der Waals surface area contributed by atoms with Gasteiger partial charge in [-0.15, -0.1) is 0 Å². The smallest absolute Gasteiger partial charge is 0.0127 e. The van der Waals surface area contributed by atoms with Gasteiger partial charge in [-0.2, -0.15) is 0 Å². The summed E-state index contributed by atoms with van der Waals surface area (Å²) in [6.45, 7) is 13.2. The van der Waals surface area contributed by atoms with Crippen LogP contribution in [0.5, 0.6) is 0 Å². The molecule has 0 heterocycles. The van der Waals surface area contributed by atoms with Crippen LogP contribution in [0.2, 0.25) is 0 Å². The van der Waals surface area contributed by atoms with Crippen LogP contribution in [-0.4, -0.2) is 0 Å². The van der Waals surface area contributed by atoms with Crippen molar-refractivity contribution < 1.29 is 0 Å². The number of rotatable bonds is 2. The Morgan fingerprint density at radius 3 is 1.05 bits per heavy atom. The Balaban J connectivity index is 2.36. The molecule has 0 radical (unpaired) electrons. The van der Waals surface area contributed by atoms with E-state index in [1.54, 1.807) is 0 Å². The molecule has 0 fully saturated rings. The Morgan fingerprint density at radius 1 is 0.526 bits per heavy atom. The van der Waals surface area contributed by atoms with E-state index < -0.39 is 0 Å². The molecule has 0 saturated heterocycles. The zero-order valence-electron chi connectivity index (χ0n) is 12.7. The first-order chi connectivity index (χ1) is 8.88. The number of benzene rings is 2. The third-order valence-electron chi connectivity index (χ3n) is 4.04. The fraction of sp³-hybridized carbons (Fsp3) is 0.333. The van der Waals surface area contributed by atoms with Crippen LogP contribution in [0, 0.1) is 41.5 Å². The normalized spacial score (nSPS) is 10.8. The molecule has 0 N–H and O–H groups in total. The maximum atomic E-state index is 2.29. The summed E-state index contributed by atoms with van der Waals surface area (Å²) >= 11 is 1.86. The van der Waals surface area contributed by atoms with Crippen LogP contribution in [0.1, 0.15) is 33.4 Å². The van der Waals surface area contributed by atoms with Crippen molar-refractivity contribution in [1.29, 1.82) is 0 Å². The topological polar surface area (TPSA) is 0 Å². The number of aryl methyl sites for hydroxylation is 4. The number of hydrogen-bond donors (Lipinski definition) is 0. The van der Waals surface area contributed by atoms with Crippen LogP contribution in [-0.2, 0) is 0 Å². The van der Waals surface area contributed by atoms with E-state index in [-0.39, 0.29) is 0 Å². The van der Waals surface area contributed by atoms with Gasteiger partial charge in [0.1, 0.15) is 0 Å². The lowest BCUT2D eigenvalue weighted by atomic mass is 10.1. The lowest BCUT2D eigenvalue weighted by molar-refractivity contribution is 1.19. The van der Waals surface area contributed by atoms with Gasteiger partial charge in [0, 0.05) is 9.79 Å². The first kappa shape index (κ1) is 14.2. The van der Waals surface area contributed by atoms with Gasteiger partial charge in [-0.05, 0) is 99.2 Å². The van der Waals surface area contributed by atoms with Crippen molar-refractivity contribution in [2.45, 2.75) is 51.3 Å². The number of hydrogen-bond acceptors (Lipinski definition) is 1. The van der Waals surface area contributed by atoms with E-state index in [1.165, 1.54) is 43.2 Å². The summed E-state index contributed by atoms with van der Waals surface area (Å²) in [5.74, 6) is 0. The molecule has 0 aliphatic heterocycles. The van der Waals surface area contributed by atoms with Crippen molar-refractivity contribution in [2.75, 3.05) is 0 Å². The van der Waals surface area contributed by atoms with E-state index in [4.69, 9.17) is 0 Å². The molecule has 0 aliphatic carbocycles. The van der Waals surface area contributed by atoms with E-state index in [0.29, 0.717) is 0 Å². The van der Waals surface area contributed by atoms with Gasteiger partial charge >= 0.3 is 0 Å². The Bertz CT molecular complexity index is 522. The molecule has 2 aromatic rings. The Kier molecular flexibility index (Phi) is 4.05. The van der Waals surface area contributed by atoms with Gasteiger partial charge in [-0.1, -0.05) is 11.8 Å². The molecule has 100 valence electrons. The van der Waals surface area contributed by atoms with Crippen LogP contribution in [0.25, 0.3) is 0 Å². The molecule has 0 saturated carbocycles. The summed E-state index contributed by atoms with van der Waals surface area (Å²) in [5.41, 5.74) is 8.32. The lowest BCUT2D eigenvalue weighted by Gasteiger charge is -2.11. The van der Waals surface area contributed by atoms with E-state index in [2.05, 4.69) is 65.8 Å². The van der Waals surface area contributed by atoms with Crippen molar-refractivity contribution in [3.63, 3.8) is 0 Å². The zero-order valence-corrected chi connectivity index (χ0v) is 13.5. The van der Waals surface area contributed by atoms with Crippen LogP contribution in [0.3, 0.4) is 0 Å². The van der Waals surface area contributed by atoms with Crippen molar-refractivity contribution >= 4 is 11.8 Å². The maximum Gasteiger partial charge on any atom is 0.0127 e. The highest BCUT2D eigenvalue weighted by Gasteiger charge is 2.05. The molecule has 0 aromatic heterocycles. The van der Waals surface area contributed by atoms with Gasteiger partial charge in [0.2, 0.25) is 0 Å². The second-order valence-corrected chi connectivity index (χ2v) is 6.61. The molecule has 0 nitrogen and oxygen atoms in total. The highest BCUT2D eigenvalue weighted by molar-refractivity contribution is 7.99. The summed E-state index contributed by atoms with van der Waals surface area (Å²) in [6, 6.07) is 9.16. The molecule has 0 atom stereocenters. The van der Waals surface area contributed by atoms with Gasteiger partial charge in [0.15, 0.2) is 0 Å². The molecule has 0 unspecified atom stereocenters. The average Bonchev–Trinajstić information content (AvgIpc) is 2.33. The van der Waals surface area contributed by atoms with E-state index in [1.807, 2.05) is 11.8 Å². The Labute approximate surface area is 121 Å². The summed E-state index contributed by atoms with van der Waals surface area (Å²) in [5, 5.41) is 0. The van der Waals surface area contributed by atoms with E-state index in [0.717, 1.165) is 0 Å². The first-order valence-electron chi connectivity index (χ1n) is 6.72. The molecule has 0 spiro atoms. The Hall–Kier alpha value is -1.21. The summed E-state index contributed by atoms with van der Waals surface area (Å²) in [4.78, 5) is 2.67. The molecular formula is C18H22S. The molecule has 1 heteroatoms. The van der Waals surface area contributed by atoms with Gasteiger partial charge < -0.3 is 0 Å². The highest BCUT2D eigenvalue weighted by Crippen LogP contribution is 2.32. The van der Waals surface area contributed by atoms with Gasteiger partial charge in [-0.3, -0.25) is 0 Å². The van der Waals surface area contributed by atoms with Gasteiger partial charge in [-0.25, -0.2) is 0 Å². The maximum absolute atomic E-state index is 2.29. The van der Waals surface area contributed by atoms with Gasteiger partial charge in [0.05, 0.1) is 0 Å². The lowest BCUT2D eigenvalue weighted by Crippen LogP contribution is -1.89. The quantitative estimate of drug-likeness (QED) is 0.675. The monoisotopic (exact) mass is 270 g/mol. The summed E-state index contributed by atoms with van der Waals surface area (Å²) in [7, 11) is 0. The van der Waals surface area contributed by atoms with Crippen molar-refractivity contribution in [2.24, 2.45) is 0 Å². The molecule has 0 amide bonds. The van der Waals surface area contributed by atoms with Gasteiger partial charge in [0.25, 0.3) is 0 Å². The Morgan fingerprint density at radius 2 is 0.789 bits per heavy atom. The molecule has 0 bridgehead atoms. The molecule has 0 aliphatic rings. The molecular weight excluding hydrogens is 248 g/mol. The predicted molar refractivity (Wildman–Crippen MR) is 85.4 cm³/mol. The molecule has 2 rings (SSSR count). The minimum absolute atomic E-state index is 1.34. The second-order valence-electron chi connectivity index (χ2n) is 5.47. The van der Waals surface area contributed by atoms with Crippen molar-refractivity contribution in [3.8, 4) is 0 Å². The SMILES string of the molecule is Cc1cc(Sc2cc(C)c(C)c(C)c2)cc(C)c1C. The van der Waals surface area contributed by atoms with E-state index in [9.17, 15) is 0 Å². The van der Waals surface area contributed by atoms with Crippen molar-refractivity contribution in [1.82, 2.24) is 0 Å². The highest BCUT2D eigenvalue weighted by atomic mass is 32.2. The largest absolute Gasteiger partial charge is 0.0901 e.